The third-order valence-corrected chi connectivity index (χ3v) is 4.88. The first-order chi connectivity index (χ1) is 15.5. The van der Waals surface area contributed by atoms with Crippen molar-refractivity contribution in [3.63, 3.8) is 0 Å². The van der Waals surface area contributed by atoms with Gasteiger partial charge in [-0.3, -0.25) is 4.79 Å². The van der Waals surface area contributed by atoms with E-state index in [1.165, 1.54) is 14.2 Å². The number of fused-ring (bicyclic) bond motifs is 1. The molecule has 0 radical (unpaired) electrons. The summed E-state index contributed by atoms with van der Waals surface area (Å²) in [5.74, 6) is 1.31. The summed E-state index contributed by atoms with van der Waals surface area (Å²) in [6.45, 7) is 0. The van der Waals surface area contributed by atoms with Gasteiger partial charge in [-0.1, -0.05) is 18.2 Å². The van der Waals surface area contributed by atoms with Crippen molar-refractivity contribution in [3.8, 4) is 28.7 Å². The standard InChI is InChI=1S/C25H20O7/c1-28-16-10-11-18-21(14-16)32-22(24(18)26)13-15-6-4-7-17(12-15)31-25(27)23-19(29-2)8-5-9-20(23)30-3/h4-14H,1-3H3/b22-13-. The number of hydrogen-bond donors (Lipinski definition) is 0. The second-order valence-electron chi connectivity index (χ2n) is 6.80. The first-order valence-electron chi connectivity index (χ1n) is 9.69. The number of Topliss-reactive ketones (excluding diaryl/α,β-unsaturated/α-hetero) is 1. The fraction of sp³-hybridized carbons (Fsp3) is 0.120. The monoisotopic (exact) mass is 432 g/mol. The molecule has 3 aromatic rings. The minimum absolute atomic E-state index is 0.170. The van der Waals surface area contributed by atoms with E-state index in [9.17, 15) is 9.59 Å². The van der Waals surface area contributed by atoms with Gasteiger partial charge in [-0.15, -0.1) is 0 Å². The maximum atomic E-state index is 12.8. The normalized spacial score (nSPS) is 13.3. The van der Waals surface area contributed by atoms with Gasteiger partial charge in [0.15, 0.2) is 5.76 Å². The Morgan fingerprint density at radius 1 is 0.844 bits per heavy atom. The van der Waals surface area contributed by atoms with Crippen molar-refractivity contribution < 1.29 is 33.3 Å². The third-order valence-electron chi connectivity index (χ3n) is 4.88. The molecule has 0 atom stereocenters. The molecule has 1 aliphatic rings. The topological polar surface area (TPSA) is 80.3 Å². The smallest absolute Gasteiger partial charge is 0.351 e. The lowest BCUT2D eigenvalue weighted by Crippen LogP contribution is -2.12. The van der Waals surface area contributed by atoms with E-state index in [1.807, 2.05) is 0 Å². The SMILES string of the molecule is COc1ccc2c(c1)O/C(=C\c1cccc(OC(=O)c3c(OC)cccc3OC)c1)C2=O. The quantitative estimate of drug-likeness (QED) is 0.321. The van der Waals surface area contributed by atoms with Gasteiger partial charge < -0.3 is 23.7 Å². The van der Waals surface area contributed by atoms with Gasteiger partial charge in [-0.05, 0) is 48.0 Å². The number of hydrogen-bond acceptors (Lipinski definition) is 7. The number of esters is 1. The summed E-state index contributed by atoms with van der Waals surface area (Å²) in [6, 6.07) is 16.8. The average molecular weight is 432 g/mol. The van der Waals surface area contributed by atoms with E-state index in [0.717, 1.165) is 0 Å². The zero-order valence-electron chi connectivity index (χ0n) is 17.7. The summed E-state index contributed by atoms with van der Waals surface area (Å²) in [5.41, 5.74) is 1.27. The summed E-state index contributed by atoms with van der Waals surface area (Å²) < 4.78 is 26.9. The second kappa shape index (κ2) is 8.85. The van der Waals surface area contributed by atoms with E-state index in [0.29, 0.717) is 39.9 Å². The van der Waals surface area contributed by atoms with Gasteiger partial charge in [0.25, 0.3) is 0 Å². The maximum absolute atomic E-state index is 12.8. The summed E-state index contributed by atoms with van der Waals surface area (Å²) >= 11 is 0. The van der Waals surface area contributed by atoms with Crippen LogP contribution in [0.5, 0.6) is 28.7 Å². The van der Waals surface area contributed by atoms with Gasteiger partial charge in [0.1, 0.15) is 34.3 Å². The van der Waals surface area contributed by atoms with E-state index in [2.05, 4.69) is 0 Å². The summed E-state index contributed by atoms with van der Waals surface area (Å²) in [5, 5.41) is 0. The first-order valence-corrected chi connectivity index (χ1v) is 9.69. The first kappa shape index (κ1) is 21.0. The summed E-state index contributed by atoms with van der Waals surface area (Å²) in [7, 11) is 4.47. The molecule has 1 heterocycles. The fourth-order valence-electron chi connectivity index (χ4n) is 3.32. The number of carbonyl (C=O) groups is 2. The van der Waals surface area contributed by atoms with Crippen LogP contribution in [0, 0.1) is 0 Å². The molecule has 0 amide bonds. The molecule has 32 heavy (non-hydrogen) atoms. The number of ether oxygens (including phenoxy) is 5. The second-order valence-corrected chi connectivity index (χ2v) is 6.80. The van der Waals surface area contributed by atoms with E-state index >= 15 is 0 Å². The van der Waals surface area contributed by atoms with Gasteiger partial charge in [-0.2, -0.15) is 0 Å². The molecule has 0 bridgehead atoms. The van der Waals surface area contributed by atoms with Crippen molar-refractivity contribution in [2.75, 3.05) is 21.3 Å². The molecule has 0 unspecified atom stereocenters. The van der Waals surface area contributed by atoms with Gasteiger partial charge >= 0.3 is 5.97 Å². The molecule has 0 N–H and O–H groups in total. The van der Waals surface area contributed by atoms with Gasteiger partial charge in [0.2, 0.25) is 5.78 Å². The average Bonchev–Trinajstić information content (AvgIpc) is 3.12. The van der Waals surface area contributed by atoms with Crippen LogP contribution in [0.4, 0.5) is 0 Å². The Bertz CT molecular complexity index is 1200. The highest BCUT2D eigenvalue weighted by atomic mass is 16.5. The number of methoxy groups -OCH3 is 3. The fourth-order valence-corrected chi connectivity index (χ4v) is 3.32. The lowest BCUT2D eigenvalue weighted by Gasteiger charge is -2.12. The van der Waals surface area contributed by atoms with Crippen LogP contribution in [0.25, 0.3) is 6.08 Å². The zero-order chi connectivity index (χ0) is 22.7. The molecule has 4 rings (SSSR count). The Morgan fingerprint density at radius 2 is 1.56 bits per heavy atom. The van der Waals surface area contributed by atoms with Gasteiger partial charge in [0.05, 0.1) is 26.9 Å². The van der Waals surface area contributed by atoms with Crippen molar-refractivity contribution >= 4 is 17.8 Å². The highest BCUT2D eigenvalue weighted by Crippen LogP contribution is 2.35. The predicted octanol–water partition coefficient (Wildman–Crippen LogP) is 4.55. The largest absolute Gasteiger partial charge is 0.497 e. The van der Waals surface area contributed by atoms with Crippen molar-refractivity contribution in [3.05, 3.63) is 83.1 Å². The van der Waals surface area contributed by atoms with E-state index in [-0.39, 0.29) is 17.1 Å². The molecule has 0 saturated heterocycles. The van der Waals surface area contributed by atoms with Crippen LogP contribution in [-0.2, 0) is 0 Å². The van der Waals surface area contributed by atoms with Crippen LogP contribution < -0.4 is 23.7 Å². The lowest BCUT2D eigenvalue weighted by molar-refractivity contribution is 0.0727. The Hall–Kier alpha value is -4.26. The lowest BCUT2D eigenvalue weighted by atomic mass is 10.1. The number of ketones is 1. The molecule has 0 saturated carbocycles. The van der Waals surface area contributed by atoms with E-state index in [1.54, 1.807) is 73.8 Å². The molecule has 1 aliphatic heterocycles. The molecule has 162 valence electrons. The molecular weight excluding hydrogens is 412 g/mol. The van der Waals surface area contributed by atoms with Crippen LogP contribution in [-0.4, -0.2) is 33.1 Å². The van der Waals surface area contributed by atoms with Gasteiger partial charge in [-0.25, -0.2) is 4.79 Å². The van der Waals surface area contributed by atoms with Crippen molar-refractivity contribution in [2.24, 2.45) is 0 Å². The number of carbonyl (C=O) groups excluding carboxylic acids is 2. The Kier molecular flexibility index (Phi) is 5.81. The number of allylic oxidation sites excluding steroid dienone is 1. The van der Waals surface area contributed by atoms with Crippen LogP contribution in [0.1, 0.15) is 26.3 Å². The number of benzene rings is 3. The molecule has 0 spiro atoms. The van der Waals surface area contributed by atoms with Crippen LogP contribution in [0.3, 0.4) is 0 Å². The minimum Gasteiger partial charge on any atom is -0.497 e. The molecule has 0 aliphatic carbocycles. The summed E-state index contributed by atoms with van der Waals surface area (Å²) in [6.07, 6.45) is 1.59. The van der Waals surface area contributed by atoms with Gasteiger partial charge in [0, 0.05) is 6.07 Å². The van der Waals surface area contributed by atoms with E-state index < -0.39 is 5.97 Å². The van der Waals surface area contributed by atoms with Crippen molar-refractivity contribution in [1.82, 2.24) is 0 Å². The van der Waals surface area contributed by atoms with Crippen LogP contribution in [0.2, 0.25) is 0 Å². The molecule has 3 aromatic carbocycles. The summed E-state index contributed by atoms with van der Waals surface area (Å²) in [4.78, 5) is 25.4. The Morgan fingerprint density at radius 3 is 2.25 bits per heavy atom. The highest BCUT2D eigenvalue weighted by molar-refractivity contribution is 6.14. The minimum atomic E-state index is -0.628. The molecular formula is C25H20O7. The third kappa shape index (κ3) is 4.00. The maximum Gasteiger partial charge on any atom is 0.351 e. The van der Waals surface area contributed by atoms with Crippen molar-refractivity contribution in [2.45, 2.75) is 0 Å². The zero-order valence-corrected chi connectivity index (χ0v) is 17.7. The number of rotatable bonds is 6. The van der Waals surface area contributed by atoms with Crippen molar-refractivity contribution in [1.29, 1.82) is 0 Å². The molecule has 0 fully saturated rings. The Balaban J connectivity index is 1.58. The predicted molar refractivity (Wildman–Crippen MR) is 117 cm³/mol. The van der Waals surface area contributed by atoms with Crippen LogP contribution >= 0.6 is 0 Å². The molecule has 7 nitrogen and oxygen atoms in total. The van der Waals surface area contributed by atoms with E-state index in [4.69, 9.17) is 23.7 Å². The highest BCUT2D eigenvalue weighted by Gasteiger charge is 2.28. The Labute approximate surface area is 184 Å². The molecule has 7 heteroatoms. The molecule has 0 aromatic heterocycles. The van der Waals surface area contributed by atoms with Crippen LogP contribution in [0.15, 0.2) is 66.4 Å².